The van der Waals surface area contributed by atoms with Crippen LogP contribution in [0.2, 0.25) is 0 Å². The maximum absolute atomic E-state index is 12.2. The molecule has 1 amide bonds. The van der Waals surface area contributed by atoms with E-state index in [4.69, 9.17) is 4.74 Å². The van der Waals surface area contributed by atoms with Gasteiger partial charge in [0, 0.05) is 0 Å². The maximum Gasteiger partial charge on any atom is 0.417 e. The van der Waals surface area contributed by atoms with Gasteiger partial charge in [0.1, 0.15) is 10.6 Å². The Balaban J connectivity index is 2.27. The molecule has 7 nitrogen and oxygen atoms in total. The first kappa shape index (κ1) is 15.0. The van der Waals surface area contributed by atoms with Gasteiger partial charge in [0.05, 0.1) is 18.4 Å². The molecule has 1 N–H and O–H groups in total. The van der Waals surface area contributed by atoms with Crippen LogP contribution in [-0.2, 0) is 10.0 Å². The fourth-order valence-electron chi connectivity index (χ4n) is 2.38. The summed E-state index contributed by atoms with van der Waals surface area (Å²) in [7, 11) is -2.59. The third-order valence-electron chi connectivity index (χ3n) is 3.33. The van der Waals surface area contributed by atoms with Crippen LogP contribution in [0.25, 0.3) is 0 Å². The Kier molecular flexibility index (Phi) is 3.53. The number of sulfonamides is 1. The summed E-state index contributed by atoms with van der Waals surface area (Å²) in [5.41, 5.74) is 0.425. The molecule has 0 radical (unpaired) electrons. The Morgan fingerprint density at radius 2 is 1.83 bits per heavy atom. The standard InChI is InChI=1S/C15H12N2O5S/c1-22-11-8-5-9-12-13(11)14(16-23(12,20)21)17(15(18)19)10-6-3-2-4-7-10/h2-9H,1H3,(H,18,19). The van der Waals surface area contributed by atoms with Crippen molar-refractivity contribution in [2.24, 2.45) is 4.40 Å². The number of carbonyl (C=O) groups is 1. The summed E-state index contributed by atoms with van der Waals surface area (Å²) in [5.74, 6) is 0.0423. The summed E-state index contributed by atoms with van der Waals surface area (Å²) in [6, 6.07) is 12.6. The average molecular weight is 332 g/mol. The molecule has 0 saturated heterocycles. The molecule has 118 valence electrons. The Morgan fingerprint density at radius 3 is 2.43 bits per heavy atom. The minimum atomic E-state index is -3.97. The Bertz CT molecular complexity index is 907. The van der Waals surface area contributed by atoms with Gasteiger partial charge in [-0.2, -0.15) is 8.42 Å². The van der Waals surface area contributed by atoms with Gasteiger partial charge < -0.3 is 9.84 Å². The normalized spacial score (nSPS) is 14.7. The van der Waals surface area contributed by atoms with Crippen LogP contribution in [0, 0.1) is 0 Å². The van der Waals surface area contributed by atoms with Crippen molar-refractivity contribution in [3.8, 4) is 5.75 Å². The van der Waals surface area contributed by atoms with Crippen molar-refractivity contribution >= 4 is 27.6 Å². The SMILES string of the molecule is COc1cccc2c1C(N(C(=O)O)c1ccccc1)=NS2(=O)=O. The molecule has 1 aliphatic heterocycles. The third-order valence-corrected chi connectivity index (χ3v) is 4.64. The van der Waals surface area contributed by atoms with Crippen LogP contribution in [0.15, 0.2) is 57.8 Å². The predicted molar refractivity (Wildman–Crippen MR) is 83.7 cm³/mol. The van der Waals surface area contributed by atoms with Crippen molar-refractivity contribution in [1.29, 1.82) is 0 Å². The van der Waals surface area contributed by atoms with E-state index < -0.39 is 16.1 Å². The molecule has 0 saturated carbocycles. The minimum Gasteiger partial charge on any atom is -0.496 e. The van der Waals surface area contributed by atoms with Gasteiger partial charge in [0.25, 0.3) is 10.0 Å². The molecule has 0 unspecified atom stereocenters. The largest absolute Gasteiger partial charge is 0.496 e. The second-order valence-corrected chi connectivity index (χ2v) is 6.25. The van der Waals surface area contributed by atoms with Crippen molar-refractivity contribution in [1.82, 2.24) is 0 Å². The molecule has 0 spiro atoms. The molecule has 23 heavy (non-hydrogen) atoms. The van der Waals surface area contributed by atoms with E-state index in [-0.39, 0.29) is 27.7 Å². The number of para-hydroxylation sites is 1. The quantitative estimate of drug-likeness (QED) is 0.910. The molecule has 0 fully saturated rings. The number of carboxylic acid groups (broad SMARTS) is 1. The van der Waals surface area contributed by atoms with E-state index >= 15 is 0 Å². The number of amides is 1. The minimum absolute atomic E-state index is 0.0750. The summed E-state index contributed by atoms with van der Waals surface area (Å²) in [5, 5.41) is 9.56. The zero-order valence-electron chi connectivity index (χ0n) is 12.0. The van der Waals surface area contributed by atoms with E-state index in [1.807, 2.05) is 0 Å². The lowest BCUT2D eigenvalue weighted by Gasteiger charge is -2.20. The predicted octanol–water partition coefficient (Wildman–Crippen LogP) is 2.33. The van der Waals surface area contributed by atoms with Gasteiger partial charge in [-0.25, -0.2) is 9.69 Å². The fourth-order valence-corrected chi connectivity index (χ4v) is 3.58. The fraction of sp³-hybridized carbons (Fsp3) is 0.0667. The number of rotatable bonds is 2. The van der Waals surface area contributed by atoms with E-state index in [9.17, 15) is 18.3 Å². The highest BCUT2D eigenvalue weighted by molar-refractivity contribution is 7.90. The number of nitrogens with zero attached hydrogens (tertiary/aromatic N) is 2. The maximum atomic E-state index is 12.2. The molecule has 0 bridgehead atoms. The van der Waals surface area contributed by atoms with E-state index in [0.29, 0.717) is 0 Å². The van der Waals surface area contributed by atoms with Gasteiger partial charge in [-0.1, -0.05) is 24.3 Å². The second-order valence-electron chi connectivity index (χ2n) is 4.68. The summed E-state index contributed by atoms with van der Waals surface area (Å²) < 4.78 is 33.3. The summed E-state index contributed by atoms with van der Waals surface area (Å²) in [4.78, 5) is 12.5. The van der Waals surface area contributed by atoms with Crippen LogP contribution in [-0.4, -0.2) is 32.6 Å². The summed E-state index contributed by atoms with van der Waals surface area (Å²) in [6.45, 7) is 0. The molecule has 1 aliphatic rings. The number of fused-ring (bicyclic) bond motifs is 1. The lowest BCUT2D eigenvalue weighted by Crippen LogP contribution is -2.35. The van der Waals surface area contributed by atoms with E-state index in [1.54, 1.807) is 36.4 Å². The van der Waals surface area contributed by atoms with Crippen molar-refractivity contribution in [2.75, 3.05) is 12.0 Å². The first-order chi connectivity index (χ1) is 11.0. The lowest BCUT2D eigenvalue weighted by molar-refractivity contribution is 0.205. The number of hydrogen-bond acceptors (Lipinski definition) is 4. The average Bonchev–Trinajstić information content (AvgIpc) is 2.80. The molecule has 2 aromatic rings. The van der Waals surface area contributed by atoms with Gasteiger partial charge >= 0.3 is 6.09 Å². The van der Waals surface area contributed by atoms with Crippen LogP contribution in [0.1, 0.15) is 5.56 Å². The molecule has 0 atom stereocenters. The highest BCUT2D eigenvalue weighted by atomic mass is 32.2. The van der Waals surface area contributed by atoms with Gasteiger partial charge in [0.2, 0.25) is 0 Å². The molecular formula is C15H12N2O5S. The molecule has 0 aromatic heterocycles. The van der Waals surface area contributed by atoms with Crippen molar-refractivity contribution in [2.45, 2.75) is 4.90 Å². The highest BCUT2D eigenvalue weighted by Crippen LogP contribution is 2.35. The molecule has 8 heteroatoms. The molecular weight excluding hydrogens is 320 g/mol. The summed E-state index contributed by atoms with van der Waals surface area (Å²) >= 11 is 0. The zero-order chi connectivity index (χ0) is 16.6. The van der Waals surface area contributed by atoms with Crippen LogP contribution in [0.3, 0.4) is 0 Å². The van der Waals surface area contributed by atoms with Gasteiger partial charge in [-0.3, -0.25) is 0 Å². The number of benzene rings is 2. The molecule has 1 heterocycles. The van der Waals surface area contributed by atoms with E-state index in [1.165, 1.54) is 19.2 Å². The lowest BCUT2D eigenvalue weighted by atomic mass is 10.1. The molecule has 3 rings (SSSR count). The monoisotopic (exact) mass is 332 g/mol. The van der Waals surface area contributed by atoms with Crippen molar-refractivity contribution in [3.05, 3.63) is 54.1 Å². The smallest absolute Gasteiger partial charge is 0.417 e. The van der Waals surface area contributed by atoms with Crippen molar-refractivity contribution in [3.63, 3.8) is 0 Å². The van der Waals surface area contributed by atoms with Crippen LogP contribution in [0.5, 0.6) is 5.75 Å². The Hall–Kier alpha value is -2.87. The van der Waals surface area contributed by atoms with Crippen LogP contribution >= 0.6 is 0 Å². The molecule has 2 aromatic carbocycles. The number of anilines is 1. The van der Waals surface area contributed by atoms with Gasteiger partial charge in [-0.15, -0.1) is 4.40 Å². The third kappa shape index (κ3) is 2.42. The second kappa shape index (κ2) is 5.40. The van der Waals surface area contributed by atoms with Crippen LogP contribution < -0.4 is 9.64 Å². The molecule has 0 aliphatic carbocycles. The number of ether oxygens (including phenoxy) is 1. The zero-order valence-corrected chi connectivity index (χ0v) is 12.8. The Labute approximate surface area is 132 Å². The Morgan fingerprint density at radius 1 is 1.13 bits per heavy atom. The van der Waals surface area contributed by atoms with Crippen LogP contribution in [0.4, 0.5) is 10.5 Å². The van der Waals surface area contributed by atoms with Gasteiger partial charge in [-0.05, 0) is 24.3 Å². The topological polar surface area (TPSA) is 96.3 Å². The number of methoxy groups -OCH3 is 1. The van der Waals surface area contributed by atoms with Gasteiger partial charge in [0.15, 0.2) is 5.84 Å². The van der Waals surface area contributed by atoms with Crippen molar-refractivity contribution < 1.29 is 23.1 Å². The highest BCUT2D eigenvalue weighted by Gasteiger charge is 2.37. The van der Waals surface area contributed by atoms with E-state index in [0.717, 1.165) is 4.90 Å². The first-order valence-electron chi connectivity index (χ1n) is 6.56. The first-order valence-corrected chi connectivity index (χ1v) is 8.00. The summed E-state index contributed by atoms with van der Waals surface area (Å²) in [6.07, 6.45) is -1.34. The van der Waals surface area contributed by atoms with E-state index in [2.05, 4.69) is 4.40 Å². The number of hydrogen-bond donors (Lipinski definition) is 1. The number of amidine groups is 1.